The SMILES string of the molecule is CCCNc1cc(COc2c(C)cccc2C)ccn1. The Kier molecular flexibility index (Phi) is 4.99. The van der Waals surface area contributed by atoms with Gasteiger partial charge in [-0.15, -0.1) is 0 Å². The van der Waals surface area contributed by atoms with E-state index in [-0.39, 0.29) is 0 Å². The molecule has 0 saturated carbocycles. The molecule has 0 aliphatic carbocycles. The van der Waals surface area contributed by atoms with Crippen molar-refractivity contribution >= 4 is 5.82 Å². The highest BCUT2D eigenvalue weighted by atomic mass is 16.5. The molecule has 0 spiro atoms. The maximum absolute atomic E-state index is 5.96. The lowest BCUT2D eigenvalue weighted by atomic mass is 10.1. The standard InChI is InChI=1S/C17H22N2O/c1-4-9-18-16-11-15(8-10-19-16)12-20-17-13(2)6-5-7-14(17)3/h5-8,10-11H,4,9,12H2,1-3H3,(H,18,19). The van der Waals surface area contributed by atoms with Crippen LogP contribution in [0.1, 0.15) is 30.0 Å². The van der Waals surface area contributed by atoms with Gasteiger partial charge in [0.15, 0.2) is 0 Å². The molecule has 1 N–H and O–H groups in total. The fourth-order valence-electron chi connectivity index (χ4n) is 2.10. The van der Waals surface area contributed by atoms with Gasteiger partial charge in [0.25, 0.3) is 0 Å². The molecule has 0 atom stereocenters. The van der Waals surface area contributed by atoms with Crippen LogP contribution < -0.4 is 10.1 Å². The van der Waals surface area contributed by atoms with Crippen molar-refractivity contribution < 1.29 is 4.74 Å². The van der Waals surface area contributed by atoms with E-state index in [1.54, 1.807) is 0 Å². The molecule has 1 aromatic heterocycles. The number of anilines is 1. The maximum Gasteiger partial charge on any atom is 0.126 e. The van der Waals surface area contributed by atoms with Crippen LogP contribution in [0.3, 0.4) is 0 Å². The zero-order valence-corrected chi connectivity index (χ0v) is 12.4. The highest BCUT2D eigenvalue weighted by molar-refractivity contribution is 5.41. The van der Waals surface area contributed by atoms with Gasteiger partial charge in [-0.2, -0.15) is 0 Å². The number of hydrogen-bond donors (Lipinski definition) is 1. The lowest BCUT2D eigenvalue weighted by Crippen LogP contribution is -2.04. The Morgan fingerprint density at radius 3 is 2.60 bits per heavy atom. The van der Waals surface area contributed by atoms with Gasteiger partial charge in [-0.25, -0.2) is 4.98 Å². The average Bonchev–Trinajstić information content (AvgIpc) is 2.45. The summed E-state index contributed by atoms with van der Waals surface area (Å²) in [6.45, 7) is 7.79. The Bertz CT molecular complexity index is 546. The molecule has 3 nitrogen and oxygen atoms in total. The van der Waals surface area contributed by atoms with Crippen LogP contribution >= 0.6 is 0 Å². The van der Waals surface area contributed by atoms with E-state index >= 15 is 0 Å². The van der Waals surface area contributed by atoms with Crippen molar-refractivity contribution in [2.75, 3.05) is 11.9 Å². The van der Waals surface area contributed by atoms with Crippen molar-refractivity contribution in [3.8, 4) is 5.75 Å². The van der Waals surface area contributed by atoms with Crippen molar-refractivity contribution in [3.05, 3.63) is 53.2 Å². The van der Waals surface area contributed by atoms with Gasteiger partial charge in [0.05, 0.1) is 0 Å². The first kappa shape index (κ1) is 14.4. The van der Waals surface area contributed by atoms with Crippen molar-refractivity contribution in [2.24, 2.45) is 0 Å². The Morgan fingerprint density at radius 2 is 1.90 bits per heavy atom. The summed E-state index contributed by atoms with van der Waals surface area (Å²) in [7, 11) is 0. The predicted octanol–water partition coefficient (Wildman–Crippen LogP) is 4.10. The molecule has 0 unspecified atom stereocenters. The van der Waals surface area contributed by atoms with Crippen LogP contribution in [0.2, 0.25) is 0 Å². The molecule has 1 heterocycles. The molecule has 0 amide bonds. The predicted molar refractivity (Wildman–Crippen MR) is 83.3 cm³/mol. The summed E-state index contributed by atoms with van der Waals surface area (Å²) < 4.78 is 5.96. The summed E-state index contributed by atoms with van der Waals surface area (Å²) in [5.74, 6) is 1.89. The molecule has 1 aromatic carbocycles. The third-order valence-electron chi connectivity index (χ3n) is 3.17. The number of hydrogen-bond acceptors (Lipinski definition) is 3. The summed E-state index contributed by atoms with van der Waals surface area (Å²) in [5.41, 5.74) is 3.47. The first-order valence-electron chi connectivity index (χ1n) is 7.08. The average molecular weight is 270 g/mol. The Morgan fingerprint density at radius 1 is 1.15 bits per heavy atom. The first-order chi connectivity index (χ1) is 9.70. The van der Waals surface area contributed by atoms with E-state index in [1.165, 1.54) is 11.1 Å². The van der Waals surface area contributed by atoms with Crippen LogP contribution in [0, 0.1) is 13.8 Å². The van der Waals surface area contributed by atoms with E-state index in [1.807, 2.05) is 18.3 Å². The molecule has 20 heavy (non-hydrogen) atoms. The van der Waals surface area contributed by atoms with Crippen LogP contribution in [0.25, 0.3) is 0 Å². The monoisotopic (exact) mass is 270 g/mol. The minimum atomic E-state index is 0.565. The Balaban J connectivity index is 2.03. The molecule has 2 rings (SSSR count). The number of pyridine rings is 1. The smallest absolute Gasteiger partial charge is 0.126 e. The van der Waals surface area contributed by atoms with Crippen molar-refractivity contribution in [1.82, 2.24) is 4.98 Å². The number of aryl methyl sites for hydroxylation is 2. The number of aromatic nitrogens is 1. The van der Waals surface area contributed by atoms with Crippen LogP contribution in [0.5, 0.6) is 5.75 Å². The zero-order chi connectivity index (χ0) is 14.4. The Labute approximate surface area is 121 Å². The van der Waals surface area contributed by atoms with Crippen LogP contribution in [-0.4, -0.2) is 11.5 Å². The lowest BCUT2D eigenvalue weighted by Gasteiger charge is -2.12. The van der Waals surface area contributed by atoms with E-state index < -0.39 is 0 Å². The van der Waals surface area contributed by atoms with Gasteiger partial charge in [0.2, 0.25) is 0 Å². The van der Waals surface area contributed by atoms with E-state index in [0.717, 1.165) is 30.1 Å². The largest absolute Gasteiger partial charge is 0.488 e. The van der Waals surface area contributed by atoms with Crippen molar-refractivity contribution in [2.45, 2.75) is 33.8 Å². The molecule has 0 radical (unpaired) electrons. The number of nitrogens with zero attached hydrogens (tertiary/aromatic N) is 1. The summed E-state index contributed by atoms with van der Waals surface area (Å²) in [6.07, 6.45) is 2.91. The number of rotatable bonds is 6. The third kappa shape index (κ3) is 3.73. The Hall–Kier alpha value is -2.03. The topological polar surface area (TPSA) is 34.1 Å². The molecule has 3 heteroatoms. The second-order valence-corrected chi connectivity index (χ2v) is 4.99. The quantitative estimate of drug-likeness (QED) is 0.858. The van der Waals surface area contributed by atoms with Crippen molar-refractivity contribution in [3.63, 3.8) is 0 Å². The lowest BCUT2D eigenvalue weighted by molar-refractivity contribution is 0.302. The summed E-state index contributed by atoms with van der Waals surface area (Å²) in [5, 5.41) is 3.29. The summed E-state index contributed by atoms with van der Waals surface area (Å²) in [6, 6.07) is 10.2. The fourth-order valence-corrected chi connectivity index (χ4v) is 2.10. The van der Waals surface area contributed by atoms with Gasteiger partial charge >= 0.3 is 0 Å². The van der Waals surface area contributed by atoms with E-state index in [2.05, 4.69) is 49.3 Å². The van der Waals surface area contributed by atoms with Crippen LogP contribution in [-0.2, 0) is 6.61 Å². The zero-order valence-electron chi connectivity index (χ0n) is 12.4. The second kappa shape index (κ2) is 6.94. The molecule has 0 aliphatic rings. The minimum absolute atomic E-state index is 0.565. The van der Waals surface area contributed by atoms with Gasteiger partial charge in [0.1, 0.15) is 18.2 Å². The molecule has 0 aliphatic heterocycles. The van der Waals surface area contributed by atoms with E-state index in [9.17, 15) is 0 Å². The molecule has 2 aromatic rings. The molecule has 0 bridgehead atoms. The van der Waals surface area contributed by atoms with Gasteiger partial charge in [-0.05, 0) is 49.1 Å². The third-order valence-corrected chi connectivity index (χ3v) is 3.17. The molecule has 0 saturated heterocycles. The maximum atomic E-state index is 5.96. The molecule has 0 fully saturated rings. The van der Waals surface area contributed by atoms with Gasteiger partial charge in [-0.3, -0.25) is 0 Å². The highest BCUT2D eigenvalue weighted by Gasteiger charge is 2.04. The van der Waals surface area contributed by atoms with E-state index in [4.69, 9.17) is 4.74 Å². The molecular formula is C17H22N2O. The van der Waals surface area contributed by atoms with Crippen LogP contribution in [0.15, 0.2) is 36.5 Å². The molecular weight excluding hydrogens is 248 g/mol. The molecule has 106 valence electrons. The number of para-hydroxylation sites is 1. The second-order valence-electron chi connectivity index (χ2n) is 4.99. The first-order valence-corrected chi connectivity index (χ1v) is 7.08. The van der Waals surface area contributed by atoms with Crippen LogP contribution in [0.4, 0.5) is 5.82 Å². The van der Waals surface area contributed by atoms with Gasteiger partial charge < -0.3 is 10.1 Å². The normalized spacial score (nSPS) is 10.3. The minimum Gasteiger partial charge on any atom is -0.488 e. The van der Waals surface area contributed by atoms with Crippen molar-refractivity contribution in [1.29, 1.82) is 0 Å². The van der Waals surface area contributed by atoms with Gasteiger partial charge in [0, 0.05) is 12.7 Å². The fraction of sp³-hybridized carbons (Fsp3) is 0.353. The van der Waals surface area contributed by atoms with E-state index in [0.29, 0.717) is 6.61 Å². The summed E-state index contributed by atoms with van der Waals surface area (Å²) >= 11 is 0. The number of nitrogens with one attached hydrogen (secondary N) is 1. The van der Waals surface area contributed by atoms with Gasteiger partial charge in [-0.1, -0.05) is 25.1 Å². The number of ether oxygens (including phenoxy) is 1. The number of benzene rings is 1. The summed E-state index contributed by atoms with van der Waals surface area (Å²) in [4.78, 5) is 4.30. The highest BCUT2D eigenvalue weighted by Crippen LogP contribution is 2.23.